The summed E-state index contributed by atoms with van der Waals surface area (Å²) in [4.78, 5) is 28.9. The zero-order chi connectivity index (χ0) is 22.6. The number of ether oxygens (including phenoxy) is 1. The number of methoxy groups -OCH3 is 1. The first-order valence-electron chi connectivity index (χ1n) is 10.2. The van der Waals surface area contributed by atoms with Crippen LogP contribution in [0.3, 0.4) is 0 Å². The Morgan fingerprint density at radius 2 is 1.59 bits per heavy atom. The van der Waals surface area contributed by atoms with Crippen LogP contribution >= 0.6 is 15.9 Å². The fourth-order valence-corrected chi connectivity index (χ4v) is 4.46. The number of amides is 1. The number of carbonyl (C=O) groups is 1. The van der Waals surface area contributed by atoms with Gasteiger partial charge in [-0.25, -0.2) is 0 Å². The van der Waals surface area contributed by atoms with Crippen molar-refractivity contribution in [1.82, 2.24) is 0 Å². The molecule has 0 N–H and O–H groups in total. The maximum atomic E-state index is 13.7. The molecule has 0 aliphatic carbocycles. The van der Waals surface area contributed by atoms with Crippen LogP contribution in [0.1, 0.15) is 38.9 Å². The summed E-state index contributed by atoms with van der Waals surface area (Å²) in [6, 6.07) is 17.9. The van der Waals surface area contributed by atoms with E-state index >= 15 is 0 Å². The molecule has 0 saturated heterocycles. The van der Waals surface area contributed by atoms with Gasteiger partial charge < -0.3 is 9.15 Å². The second-order valence-corrected chi connectivity index (χ2v) is 8.85. The van der Waals surface area contributed by atoms with E-state index in [9.17, 15) is 9.59 Å². The van der Waals surface area contributed by atoms with E-state index in [-0.39, 0.29) is 17.1 Å². The van der Waals surface area contributed by atoms with Crippen molar-refractivity contribution >= 4 is 38.5 Å². The predicted molar refractivity (Wildman–Crippen MR) is 128 cm³/mol. The molecule has 1 amide bonds. The van der Waals surface area contributed by atoms with Gasteiger partial charge in [0.05, 0.1) is 24.1 Å². The molecular formula is C26H20BrNO4. The summed E-state index contributed by atoms with van der Waals surface area (Å²) in [5.74, 6) is 0.439. The molecule has 0 saturated carbocycles. The molecule has 5 nitrogen and oxygen atoms in total. The Balaban J connectivity index is 1.79. The maximum absolute atomic E-state index is 13.7. The first kappa shape index (κ1) is 20.5. The van der Waals surface area contributed by atoms with Crippen molar-refractivity contribution in [3.63, 3.8) is 0 Å². The Hall–Kier alpha value is -3.38. The third-order valence-corrected chi connectivity index (χ3v) is 6.55. The van der Waals surface area contributed by atoms with Crippen LogP contribution in [0, 0.1) is 13.8 Å². The predicted octanol–water partition coefficient (Wildman–Crippen LogP) is 5.93. The summed E-state index contributed by atoms with van der Waals surface area (Å²) >= 11 is 3.46. The number of carbonyl (C=O) groups excluding carboxylic acids is 1. The monoisotopic (exact) mass is 489 g/mol. The van der Waals surface area contributed by atoms with Crippen LogP contribution in [0.5, 0.6) is 5.75 Å². The second-order valence-electron chi connectivity index (χ2n) is 7.93. The topological polar surface area (TPSA) is 59.8 Å². The molecule has 5 rings (SSSR count). The van der Waals surface area contributed by atoms with Crippen molar-refractivity contribution in [2.75, 3.05) is 12.0 Å². The van der Waals surface area contributed by atoms with Gasteiger partial charge in [-0.15, -0.1) is 0 Å². The number of rotatable bonds is 3. The van der Waals surface area contributed by atoms with Crippen LogP contribution in [0.2, 0.25) is 0 Å². The lowest BCUT2D eigenvalue weighted by molar-refractivity contribution is 0.0971. The van der Waals surface area contributed by atoms with E-state index in [0.29, 0.717) is 28.0 Å². The van der Waals surface area contributed by atoms with E-state index in [1.807, 2.05) is 62.4 Å². The Labute approximate surface area is 193 Å². The van der Waals surface area contributed by atoms with Crippen LogP contribution in [-0.2, 0) is 0 Å². The van der Waals surface area contributed by atoms with Crippen LogP contribution in [0.15, 0.2) is 74.3 Å². The average Bonchev–Trinajstić information content (AvgIpc) is 3.08. The highest BCUT2D eigenvalue weighted by Crippen LogP contribution is 2.42. The zero-order valence-electron chi connectivity index (χ0n) is 17.8. The standard InChI is InChI=1S/C26H20BrNO4/c1-14-12-20-21(13-15(14)2)32-25-22(24(20)29)23(16-4-6-17(27)7-5-16)28(26(25)30)18-8-10-19(31-3)11-9-18/h4-13,23H,1-3H3. The van der Waals surface area contributed by atoms with E-state index in [1.54, 1.807) is 24.1 Å². The molecule has 4 aromatic rings. The lowest BCUT2D eigenvalue weighted by Gasteiger charge is -2.25. The number of aryl methyl sites for hydroxylation is 2. The van der Waals surface area contributed by atoms with Crippen molar-refractivity contribution in [3.8, 4) is 5.75 Å². The van der Waals surface area contributed by atoms with Crippen molar-refractivity contribution < 1.29 is 13.9 Å². The van der Waals surface area contributed by atoms with Gasteiger partial charge in [0.2, 0.25) is 5.76 Å². The summed E-state index contributed by atoms with van der Waals surface area (Å²) in [6.45, 7) is 3.92. The fraction of sp³-hybridized carbons (Fsp3) is 0.154. The van der Waals surface area contributed by atoms with Crippen molar-refractivity contribution in [2.45, 2.75) is 19.9 Å². The van der Waals surface area contributed by atoms with Crippen molar-refractivity contribution in [3.05, 3.63) is 103 Å². The zero-order valence-corrected chi connectivity index (χ0v) is 19.4. The molecule has 32 heavy (non-hydrogen) atoms. The van der Waals surface area contributed by atoms with Gasteiger partial charge in [-0.1, -0.05) is 28.1 Å². The summed E-state index contributed by atoms with van der Waals surface area (Å²) in [5, 5.41) is 0.485. The van der Waals surface area contributed by atoms with E-state index in [0.717, 1.165) is 21.2 Å². The normalized spacial score (nSPS) is 15.3. The first-order chi connectivity index (χ1) is 15.4. The minimum atomic E-state index is -0.596. The van der Waals surface area contributed by atoms with Gasteiger partial charge in [-0.3, -0.25) is 14.5 Å². The van der Waals surface area contributed by atoms with Gasteiger partial charge in [0, 0.05) is 10.2 Å². The summed E-state index contributed by atoms with van der Waals surface area (Å²) in [7, 11) is 1.59. The SMILES string of the molecule is COc1ccc(N2C(=O)c3oc4cc(C)c(C)cc4c(=O)c3C2c2ccc(Br)cc2)cc1. The molecule has 1 aliphatic heterocycles. The number of anilines is 1. The molecule has 1 aliphatic rings. The molecule has 3 aromatic carbocycles. The first-order valence-corrected chi connectivity index (χ1v) is 11.0. The number of fused-ring (bicyclic) bond motifs is 2. The minimum Gasteiger partial charge on any atom is -0.497 e. The van der Waals surface area contributed by atoms with E-state index in [2.05, 4.69) is 15.9 Å². The van der Waals surface area contributed by atoms with Crippen LogP contribution in [-0.4, -0.2) is 13.0 Å². The summed E-state index contributed by atoms with van der Waals surface area (Å²) < 4.78 is 12.3. The Bertz CT molecular complexity index is 1420. The molecule has 1 unspecified atom stereocenters. The average molecular weight is 490 g/mol. The minimum absolute atomic E-state index is 0.0921. The fourth-order valence-electron chi connectivity index (χ4n) is 4.20. The van der Waals surface area contributed by atoms with Crippen LogP contribution in [0.4, 0.5) is 5.69 Å². The summed E-state index contributed by atoms with van der Waals surface area (Å²) in [5.41, 5.74) is 4.10. The van der Waals surface area contributed by atoms with E-state index in [1.165, 1.54) is 0 Å². The molecule has 2 heterocycles. The van der Waals surface area contributed by atoms with Gasteiger partial charge >= 0.3 is 0 Å². The maximum Gasteiger partial charge on any atom is 0.295 e. The van der Waals surface area contributed by atoms with Crippen LogP contribution < -0.4 is 15.1 Å². The molecule has 1 aromatic heterocycles. The third-order valence-electron chi connectivity index (χ3n) is 6.02. The number of hydrogen-bond acceptors (Lipinski definition) is 4. The number of halogens is 1. The van der Waals surface area contributed by atoms with Crippen molar-refractivity contribution in [2.24, 2.45) is 0 Å². The second kappa shape index (κ2) is 7.64. The highest BCUT2D eigenvalue weighted by atomic mass is 79.9. The smallest absolute Gasteiger partial charge is 0.295 e. The van der Waals surface area contributed by atoms with Gasteiger partial charge in [0.25, 0.3) is 5.91 Å². The molecule has 6 heteroatoms. The largest absolute Gasteiger partial charge is 0.497 e. The van der Waals surface area contributed by atoms with Gasteiger partial charge in [-0.05, 0) is 79.1 Å². The van der Waals surface area contributed by atoms with Gasteiger partial charge in [0.15, 0.2) is 5.43 Å². The molecule has 0 radical (unpaired) electrons. The van der Waals surface area contributed by atoms with Crippen LogP contribution in [0.25, 0.3) is 11.0 Å². The van der Waals surface area contributed by atoms with Gasteiger partial charge in [0.1, 0.15) is 11.3 Å². The molecule has 0 fully saturated rings. The van der Waals surface area contributed by atoms with E-state index in [4.69, 9.17) is 9.15 Å². The summed E-state index contributed by atoms with van der Waals surface area (Å²) in [6.07, 6.45) is 0. The van der Waals surface area contributed by atoms with E-state index < -0.39 is 6.04 Å². The highest BCUT2D eigenvalue weighted by Gasteiger charge is 2.43. The molecule has 0 spiro atoms. The molecule has 1 atom stereocenters. The van der Waals surface area contributed by atoms with Gasteiger partial charge in [-0.2, -0.15) is 0 Å². The van der Waals surface area contributed by atoms with Crippen molar-refractivity contribution in [1.29, 1.82) is 0 Å². The lowest BCUT2D eigenvalue weighted by Crippen LogP contribution is -2.29. The Morgan fingerprint density at radius 3 is 2.25 bits per heavy atom. The Kier molecular flexibility index (Phi) is 4.90. The number of hydrogen-bond donors (Lipinski definition) is 0. The molecule has 160 valence electrons. The lowest BCUT2D eigenvalue weighted by atomic mass is 9.97. The molecular weight excluding hydrogens is 470 g/mol. The quantitative estimate of drug-likeness (QED) is 0.357. The highest BCUT2D eigenvalue weighted by molar-refractivity contribution is 9.10. The Morgan fingerprint density at radius 1 is 0.938 bits per heavy atom. The number of nitrogens with zero attached hydrogens (tertiary/aromatic N) is 1. The number of benzene rings is 3. The molecule has 0 bridgehead atoms. The third kappa shape index (κ3) is 3.14.